The van der Waals surface area contributed by atoms with Gasteiger partial charge in [0.2, 0.25) is 5.91 Å². The Kier molecular flexibility index (Phi) is 5.26. The maximum atomic E-state index is 13.0. The predicted octanol–water partition coefficient (Wildman–Crippen LogP) is 3.43. The Morgan fingerprint density at radius 1 is 1.38 bits per heavy atom. The molecule has 1 atom stereocenters. The second-order valence-electron chi connectivity index (χ2n) is 6.34. The lowest BCUT2D eigenvalue weighted by Gasteiger charge is -2.13. The topological polar surface area (TPSA) is 54.0 Å². The molecule has 3 rings (SSSR count). The molecular weight excluding hydrogens is 325 g/mol. The molecule has 24 heavy (non-hydrogen) atoms. The zero-order valence-corrected chi connectivity index (χ0v) is 14.8. The van der Waals surface area contributed by atoms with Crippen molar-refractivity contribution < 1.29 is 9.18 Å². The van der Waals surface area contributed by atoms with E-state index in [9.17, 15) is 9.18 Å². The van der Waals surface area contributed by atoms with Crippen LogP contribution in [0.15, 0.2) is 24.3 Å². The number of rotatable bonds is 7. The van der Waals surface area contributed by atoms with Crippen LogP contribution in [0.5, 0.6) is 0 Å². The second-order valence-corrected chi connectivity index (χ2v) is 7.37. The van der Waals surface area contributed by atoms with Gasteiger partial charge in [-0.2, -0.15) is 0 Å². The SMILES string of the molecule is Cc1nc(-c2ccc(F)cc2)sc1C(C)NC(=O)CNCC1CC1. The molecule has 1 aliphatic carbocycles. The summed E-state index contributed by atoms with van der Waals surface area (Å²) in [6.45, 7) is 5.18. The maximum absolute atomic E-state index is 13.0. The second kappa shape index (κ2) is 7.40. The van der Waals surface area contributed by atoms with Gasteiger partial charge < -0.3 is 10.6 Å². The van der Waals surface area contributed by atoms with Crippen molar-refractivity contribution >= 4 is 17.2 Å². The van der Waals surface area contributed by atoms with Gasteiger partial charge in [-0.1, -0.05) is 0 Å². The third-order valence-corrected chi connectivity index (χ3v) is 5.50. The number of hydrogen-bond donors (Lipinski definition) is 2. The molecule has 2 N–H and O–H groups in total. The summed E-state index contributed by atoms with van der Waals surface area (Å²) < 4.78 is 13.0. The molecule has 1 aliphatic rings. The van der Waals surface area contributed by atoms with Crippen molar-refractivity contribution in [3.8, 4) is 10.6 Å². The summed E-state index contributed by atoms with van der Waals surface area (Å²) >= 11 is 1.54. The molecule has 1 heterocycles. The zero-order chi connectivity index (χ0) is 17.1. The van der Waals surface area contributed by atoms with E-state index in [4.69, 9.17) is 0 Å². The summed E-state index contributed by atoms with van der Waals surface area (Å²) in [6, 6.07) is 6.22. The summed E-state index contributed by atoms with van der Waals surface area (Å²) in [5.41, 5.74) is 1.79. The molecule has 1 amide bonds. The van der Waals surface area contributed by atoms with E-state index in [0.717, 1.165) is 33.6 Å². The Morgan fingerprint density at radius 3 is 2.75 bits per heavy atom. The van der Waals surface area contributed by atoms with E-state index in [1.54, 1.807) is 12.1 Å². The van der Waals surface area contributed by atoms with E-state index in [-0.39, 0.29) is 17.8 Å². The molecule has 1 saturated carbocycles. The fourth-order valence-corrected chi connectivity index (χ4v) is 3.67. The number of aromatic nitrogens is 1. The summed E-state index contributed by atoms with van der Waals surface area (Å²) in [6.07, 6.45) is 2.55. The first kappa shape index (κ1) is 17.0. The normalized spacial score (nSPS) is 15.3. The van der Waals surface area contributed by atoms with Gasteiger partial charge >= 0.3 is 0 Å². The van der Waals surface area contributed by atoms with Crippen LogP contribution in [-0.2, 0) is 4.79 Å². The lowest BCUT2D eigenvalue weighted by atomic mass is 10.2. The van der Waals surface area contributed by atoms with E-state index < -0.39 is 0 Å². The van der Waals surface area contributed by atoms with Crippen LogP contribution in [0, 0.1) is 18.7 Å². The fraction of sp³-hybridized carbons (Fsp3) is 0.444. The highest BCUT2D eigenvalue weighted by molar-refractivity contribution is 7.15. The van der Waals surface area contributed by atoms with Gasteiger partial charge in [0.25, 0.3) is 0 Å². The Labute approximate surface area is 145 Å². The molecule has 0 radical (unpaired) electrons. The Bertz CT molecular complexity index is 710. The van der Waals surface area contributed by atoms with Gasteiger partial charge in [-0.05, 0) is 63.4 Å². The molecule has 0 saturated heterocycles. The van der Waals surface area contributed by atoms with Gasteiger partial charge in [-0.3, -0.25) is 4.79 Å². The third-order valence-electron chi connectivity index (χ3n) is 4.11. The van der Waals surface area contributed by atoms with Crippen molar-refractivity contribution in [2.75, 3.05) is 13.1 Å². The molecule has 6 heteroatoms. The molecular formula is C18H22FN3OS. The average Bonchev–Trinajstić information content (AvgIpc) is 3.28. The number of carbonyl (C=O) groups excluding carboxylic acids is 1. The van der Waals surface area contributed by atoms with Gasteiger partial charge in [-0.15, -0.1) is 11.3 Å². The van der Waals surface area contributed by atoms with E-state index in [1.165, 1.54) is 36.3 Å². The number of aryl methyl sites for hydroxylation is 1. The van der Waals surface area contributed by atoms with Gasteiger partial charge in [0.1, 0.15) is 10.8 Å². The minimum atomic E-state index is -0.258. The highest BCUT2D eigenvalue weighted by atomic mass is 32.1. The molecule has 1 fully saturated rings. The number of nitrogens with zero attached hydrogens (tertiary/aromatic N) is 1. The maximum Gasteiger partial charge on any atom is 0.234 e. The van der Waals surface area contributed by atoms with Crippen molar-refractivity contribution in [3.05, 3.63) is 40.7 Å². The number of carbonyl (C=O) groups is 1. The minimum absolute atomic E-state index is 0.000665. The standard InChI is InChI=1S/C18H22FN3OS/c1-11(21-16(23)10-20-9-13-3-4-13)17-12(2)22-18(24-17)14-5-7-15(19)8-6-14/h5-8,11,13,20H,3-4,9-10H2,1-2H3,(H,21,23). The van der Waals surface area contributed by atoms with Crippen LogP contribution in [0.3, 0.4) is 0 Å². The molecule has 1 aromatic heterocycles. The number of thiazole rings is 1. The first-order chi connectivity index (χ1) is 11.5. The van der Waals surface area contributed by atoms with Gasteiger partial charge in [0, 0.05) is 5.56 Å². The molecule has 1 unspecified atom stereocenters. The van der Waals surface area contributed by atoms with Gasteiger partial charge in [-0.25, -0.2) is 9.37 Å². The first-order valence-electron chi connectivity index (χ1n) is 8.26. The first-order valence-corrected chi connectivity index (χ1v) is 9.08. The molecule has 0 bridgehead atoms. The van der Waals surface area contributed by atoms with Crippen molar-refractivity contribution in [3.63, 3.8) is 0 Å². The van der Waals surface area contributed by atoms with Crippen LogP contribution in [0.4, 0.5) is 4.39 Å². The molecule has 4 nitrogen and oxygen atoms in total. The number of amides is 1. The van der Waals surface area contributed by atoms with E-state index in [1.807, 2.05) is 13.8 Å². The van der Waals surface area contributed by atoms with E-state index >= 15 is 0 Å². The van der Waals surface area contributed by atoms with E-state index in [2.05, 4.69) is 15.6 Å². The van der Waals surface area contributed by atoms with Crippen LogP contribution >= 0.6 is 11.3 Å². The summed E-state index contributed by atoms with van der Waals surface area (Å²) in [5.74, 6) is 0.503. The molecule has 2 aromatic rings. The van der Waals surface area contributed by atoms with Crippen LogP contribution in [0.25, 0.3) is 10.6 Å². The Balaban J connectivity index is 1.60. The largest absolute Gasteiger partial charge is 0.348 e. The Morgan fingerprint density at radius 2 is 2.08 bits per heavy atom. The number of halogens is 1. The average molecular weight is 347 g/mol. The van der Waals surface area contributed by atoms with Gasteiger partial charge in [0.05, 0.1) is 23.2 Å². The zero-order valence-electron chi connectivity index (χ0n) is 13.9. The van der Waals surface area contributed by atoms with Crippen LogP contribution in [-0.4, -0.2) is 24.0 Å². The van der Waals surface area contributed by atoms with Crippen LogP contribution in [0.1, 0.15) is 36.4 Å². The molecule has 1 aromatic carbocycles. The number of hydrogen-bond acceptors (Lipinski definition) is 4. The van der Waals surface area contributed by atoms with Crippen molar-refractivity contribution in [2.24, 2.45) is 5.92 Å². The van der Waals surface area contributed by atoms with Crippen molar-refractivity contribution in [1.29, 1.82) is 0 Å². The van der Waals surface area contributed by atoms with Crippen molar-refractivity contribution in [2.45, 2.75) is 32.7 Å². The summed E-state index contributed by atoms with van der Waals surface area (Å²) in [5, 5.41) is 7.05. The lowest BCUT2D eigenvalue weighted by molar-refractivity contribution is -0.120. The fourth-order valence-electron chi connectivity index (χ4n) is 2.60. The van der Waals surface area contributed by atoms with Crippen LogP contribution < -0.4 is 10.6 Å². The monoisotopic (exact) mass is 347 g/mol. The third kappa shape index (κ3) is 4.39. The van der Waals surface area contributed by atoms with E-state index in [0.29, 0.717) is 6.54 Å². The summed E-state index contributed by atoms with van der Waals surface area (Å²) in [4.78, 5) is 17.6. The smallest absolute Gasteiger partial charge is 0.234 e. The minimum Gasteiger partial charge on any atom is -0.348 e. The highest BCUT2D eigenvalue weighted by Crippen LogP contribution is 2.31. The lowest BCUT2D eigenvalue weighted by Crippen LogP contribution is -2.36. The van der Waals surface area contributed by atoms with Crippen molar-refractivity contribution in [1.82, 2.24) is 15.6 Å². The predicted molar refractivity (Wildman–Crippen MR) is 94.4 cm³/mol. The van der Waals surface area contributed by atoms with Gasteiger partial charge in [0.15, 0.2) is 0 Å². The quantitative estimate of drug-likeness (QED) is 0.807. The molecule has 0 spiro atoms. The van der Waals surface area contributed by atoms with Crippen LogP contribution in [0.2, 0.25) is 0 Å². The Hall–Kier alpha value is -1.79. The number of nitrogens with one attached hydrogen (secondary N) is 2. The molecule has 128 valence electrons. The highest BCUT2D eigenvalue weighted by Gasteiger charge is 2.21. The summed E-state index contributed by atoms with van der Waals surface area (Å²) in [7, 11) is 0. The number of benzene rings is 1. The molecule has 0 aliphatic heterocycles.